The van der Waals surface area contributed by atoms with Gasteiger partial charge in [0.2, 0.25) is 5.76 Å². The van der Waals surface area contributed by atoms with Gasteiger partial charge in [-0.15, -0.1) is 0 Å². The zero-order valence-electron chi connectivity index (χ0n) is 11.9. The predicted octanol–water partition coefficient (Wildman–Crippen LogP) is 3.13. The maximum Gasteiger partial charge on any atom is 0.294 e. The number of hydrogen-bond acceptors (Lipinski definition) is 5. The van der Waals surface area contributed by atoms with Crippen molar-refractivity contribution in [2.45, 2.75) is 6.61 Å². The third-order valence-corrected chi connectivity index (χ3v) is 3.42. The average Bonchev–Trinajstić information content (AvgIpc) is 3.05. The Hall–Kier alpha value is -2.70. The van der Waals surface area contributed by atoms with Crippen molar-refractivity contribution in [1.29, 1.82) is 0 Å². The molecule has 0 aliphatic carbocycles. The molecule has 2 aromatic heterocycles. The van der Waals surface area contributed by atoms with E-state index < -0.39 is 5.91 Å². The van der Waals surface area contributed by atoms with Crippen molar-refractivity contribution < 1.29 is 14.4 Å². The number of anilines is 1. The van der Waals surface area contributed by atoms with Crippen LogP contribution in [0.25, 0.3) is 11.3 Å². The number of carbonyl (C=O) groups excluding carboxylic acids is 1. The van der Waals surface area contributed by atoms with Gasteiger partial charge in [0.25, 0.3) is 5.91 Å². The van der Waals surface area contributed by atoms with Gasteiger partial charge in [-0.25, -0.2) is 0 Å². The Balaban J connectivity index is 1.81. The van der Waals surface area contributed by atoms with Crippen LogP contribution < -0.4 is 5.32 Å². The molecule has 2 heterocycles. The van der Waals surface area contributed by atoms with Crippen LogP contribution in [0.2, 0.25) is 5.02 Å². The molecule has 1 aromatic carbocycles. The Labute approximate surface area is 136 Å². The van der Waals surface area contributed by atoms with Crippen LogP contribution >= 0.6 is 11.6 Å². The largest absolute Gasteiger partial charge is 0.392 e. The van der Waals surface area contributed by atoms with Gasteiger partial charge in [-0.2, -0.15) is 0 Å². The lowest BCUT2D eigenvalue weighted by Crippen LogP contribution is -2.12. The topological polar surface area (TPSA) is 88.2 Å². The monoisotopic (exact) mass is 329 g/mol. The molecule has 116 valence electrons. The van der Waals surface area contributed by atoms with Crippen LogP contribution in [0.4, 0.5) is 5.69 Å². The van der Waals surface area contributed by atoms with E-state index in [1.807, 2.05) is 6.07 Å². The highest BCUT2D eigenvalue weighted by molar-refractivity contribution is 6.30. The molecule has 0 bridgehead atoms. The Morgan fingerprint density at radius 3 is 2.96 bits per heavy atom. The molecule has 1 amide bonds. The van der Waals surface area contributed by atoms with Crippen LogP contribution in [-0.2, 0) is 6.61 Å². The van der Waals surface area contributed by atoms with Gasteiger partial charge in [-0.1, -0.05) is 28.9 Å². The molecule has 3 aromatic rings. The maximum atomic E-state index is 12.2. The lowest BCUT2D eigenvalue weighted by atomic mass is 10.1. The van der Waals surface area contributed by atoms with Crippen LogP contribution in [0.15, 0.2) is 53.3 Å². The number of hydrogen-bond donors (Lipinski definition) is 2. The number of rotatable bonds is 4. The smallest absolute Gasteiger partial charge is 0.294 e. The summed E-state index contributed by atoms with van der Waals surface area (Å²) in [6.07, 6.45) is 2.99. The second-order valence-electron chi connectivity index (χ2n) is 4.73. The summed E-state index contributed by atoms with van der Waals surface area (Å²) in [6, 6.07) is 10.2. The molecule has 0 radical (unpaired) electrons. The first kappa shape index (κ1) is 15.2. The van der Waals surface area contributed by atoms with Gasteiger partial charge >= 0.3 is 0 Å². The van der Waals surface area contributed by atoms with Gasteiger partial charge in [-0.3, -0.25) is 9.78 Å². The Morgan fingerprint density at radius 2 is 2.17 bits per heavy atom. The first-order chi connectivity index (χ1) is 11.2. The number of amides is 1. The zero-order chi connectivity index (χ0) is 16.2. The van der Waals surface area contributed by atoms with E-state index in [0.29, 0.717) is 22.0 Å². The van der Waals surface area contributed by atoms with Crippen LogP contribution in [-0.4, -0.2) is 21.2 Å². The van der Waals surface area contributed by atoms with E-state index in [-0.39, 0.29) is 12.4 Å². The molecule has 0 unspecified atom stereocenters. The van der Waals surface area contributed by atoms with Crippen LogP contribution in [0.5, 0.6) is 0 Å². The number of aliphatic hydroxyl groups excluding tert-OH is 1. The summed E-state index contributed by atoms with van der Waals surface area (Å²) in [5.41, 5.74) is 2.23. The molecule has 0 saturated heterocycles. The second kappa shape index (κ2) is 6.60. The summed E-state index contributed by atoms with van der Waals surface area (Å²) in [5.74, 6) is -0.429. The lowest BCUT2D eigenvalue weighted by molar-refractivity contribution is 0.0987. The average molecular weight is 330 g/mol. The van der Waals surface area contributed by atoms with Crippen LogP contribution in [0.1, 0.15) is 16.1 Å². The summed E-state index contributed by atoms with van der Waals surface area (Å²) in [7, 11) is 0. The number of halogens is 1. The van der Waals surface area contributed by atoms with Crippen LogP contribution in [0.3, 0.4) is 0 Å². The minimum absolute atomic E-state index is 0.0488. The molecule has 0 fully saturated rings. The number of nitrogens with zero attached hydrogens (tertiary/aromatic N) is 2. The second-order valence-corrected chi connectivity index (χ2v) is 5.17. The molecule has 0 atom stereocenters. The zero-order valence-corrected chi connectivity index (χ0v) is 12.6. The molecule has 7 heteroatoms. The standard InChI is InChI=1S/C16H12ClN3O3/c17-12-3-1-2-10(6-12)13-7-15(23-20-13)16(22)19-14-8-18-5-4-11(14)9-21/h1-8,21H,9H2,(H,19,22). The minimum atomic E-state index is -0.478. The van der Waals surface area contributed by atoms with Crippen molar-refractivity contribution >= 4 is 23.2 Å². The van der Waals surface area contributed by atoms with E-state index in [1.165, 1.54) is 18.5 Å². The normalized spacial score (nSPS) is 10.5. The van der Waals surface area contributed by atoms with Crippen molar-refractivity contribution in [3.63, 3.8) is 0 Å². The van der Waals surface area contributed by atoms with Gasteiger partial charge in [0.15, 0.2) is 0 Å². The van der Waals surface area contributed by atoms with Gasteiger partial charge in [-0.05, 0) is 18.2 Å². The van der Waals surface area contributed by atoms with Gasteiger partial charge < -0.3 is 14.9 Å². The quantitative estimate of drug-likeness (QED) is 0.767. The minimum Gasteiger partial charge on any atom is -0.392 e. The number of benzene rings is 1. The van der Waals surface area contributed by atoms with Gasteiger partial charge in [0.1, 0.15) is 5.69 Å². The molecule has 6 nitrogen and oxygen atoms in total. The Bertz CT molecular complexity index is 848. The first-order valence-corrected chi connectivity index (χ1v) is 7.13. The molecule has 0 aliphatic heterocycles. The fourth-order valence-electron chi connectivity index (χ4n) is 2.02. The fraction of sp³-hybridized carbons (Fsp3) is 0.0625. The van der Waals surface area contributed by atoms with E-state index in [9.17, 15) is 9.90 Å². The Morgan fingerprint density at radius 1 is 1.30 bits per heavy atom. The molecule has 0 aliphatic rings. The number of aliphatic hydroxyl groups is 1. The SMILES string of the molecule is O=C(Nc1cnccc1CO)c1cc(-c2cccc(Cl)c2)no1. The van der Waals surface area contributed by atoms with E-state index in [2.05, 4.69) is 15.5 Å². The van der Waals surface area contributed by atoms with Crippen molar-refractivity contribution in [3.05, 3.63) is 65.1 Å². The number of aromatic nitrogens is 2. The first-order valence-electron chi connectivity index (χ1n) is 6.75. The molecular formula is C16H12ClN3O3. The summed E-state index contributed by atoms with van der Waals surface area (Å²) >= 11 is 5.94. The highest BCUT2D eigenvalue weighted by Crippen LogP contribution is 2.23. The number of pyridine rings is 1. The molecule has 2 N–H and O–H groups in total. The van der Waals surface area contributed by atoms with Crippen molar-refractivity contribution in [3.8, 4) is 11.3 Å². The van der Waals surface area contributed by atoms with E-state index in [0.717, 1.165) is 5.56 Å². The van der Waals surface area contributed by atoms with E-state index in [1.54, 1.807) is 24.3 Å². The predicted molar refractivity (Wildman–Crippen MR) is 85.1 cm³/mol. The Kier molecular flexibility index (Phi) is 4.36. The molecule has 0 spiro atoms. The van der Waals surface area contributed by atoms with Crippen molar-refractivity contribution in [2.24, 2.45) is 0 Å². The van der Waals surface area contributed by atoms with E-state index in [4.69, 9.17) is 16.1 Å². The number of nitrogens with one attached hydrogen (secondary N) is 1. The third-order valence-electron chi connectivity index (χ3n) is 3.18. The summed E-state index contributed by atoms with van der Waals surface area (Å²) in [6.45, 7) is -0.206. The van der Waals surface area contributed by atoms with Crippen molar-refractivity contribution in [2.75, 3.05) is 5.32 Å². The highest BCUT2D eigenvalue weighted by atomic mass is 35.5. The summed E-state index contributed by atoms with van der Waals surface area (Å²) in [4.78, 5) is 16.1. The molecule has 3 rings (SSSR count). The summed E-state index contributed by atoms with van der Waals surface area (Å²) < 4.78 is 5.08. The van der Waals surface area contributed by atoms with Crippen molar-refractivity contribution in [1.82, 2.24) is 10.1 Å². The fourth-order valence-corrected chi connectivity index (χ4v) is 2.21. The molecule has 23 heavy (non-hydrogen) atoms. The van der Waals surface area contributed by atoms with Gasteiger partial charge in [0.05, 0.1) is 18.5 Å². The third kappa shape index (κ3) is 3.39. The van der Waals surface area contributed by atoms with Gasteiger partial charge in [0, 0.05) is 28.4 Å². The number of carbonyl (C=O) groups is 1. The summed E-state index contributed by atoms with van der Waals surface area (Å²) in [5, 5.41) is 16.3. The molecular weight excluding hydrogens is 318 g/mol. The maximum absolute atomic E-state index is 12.2. The van der Waals surface area contributed by atoms with E-state index >= 15 is 0 Å². The molecule has 0 saturated carbocycles. The van der Waals surface area contributed by atoms with Crippen LogP contribution in [0, 0.1) is 0 Å². The highest BCUT2D eigenvalue weighted by Gasteiger charge is 2.15. The lowest BCUT2D eigenvalue weighted by Gasteiger charge is -2.06.